The van der Waals surface area contributed by atoms with Gasteiger partial charge in [0.05, 0.1) is 11.7 Å². The first-order valence-electron chi connectivity index (χ1n) is 7.38. The van der Waals surface area contributed by atoms with E-state index in [4.69, 9.17) is 0 Å². The molecule has 4 nitrogen and oxygen atoms in total. The van der Waals surface area contributed by atoms with Crippen LogP contribution in [-0.2, 0) is 12.1 Å². The third kappa shape index (κ3) is 4.32. The summed E-state index contributed by atoms with van der Waals surface area (Å²) in [5.74, 6) is 0.842. The van der Waals surface area contributed by atoms with Crippen LogP contribution >= 0.6 is 0 Å². The van der Waals surface area contributed by atoms with E-state index in [1.807, 2.05) is 10.9 Å². The van der Waals surface area contributed by atoms with Crippen molar-refractivity contribution in [2.45, 2.75) is 45.7 Å². The van der Waals surface area contributed by atoms with Gasteiger partial charge in [-0.15, -0.1) is 0 Å². The molecular weight excluding hydrogens is 236 g/mol. The summed E-state index contributed by atoms with van der Waals surface area (Å²) >= 11 is 0. The van der Waals surface area contributed by atoms with Crippen molar-refractivity contribution in [2.24, 2.45) is 5.92 Å². The van der Waals surface area contributed by atoms with Gasteiger partial charge in [-0.05, 0) is 66.2 Å². The Morgan fingerprint density at radius 2 is 2.00 bits per heavy atom. The highest BCUT2D eigenvalue weighted by molar-refractivity contribution is 5.04. The molecule has 108 valence electrons. The standard InChI is InChI=1S/C15H28N4/c1-15(2,3)19-12-14(11-17-19)10-16-9-13-5-7-18(4)8-6-13/h11-13,16H,5-10H2,1-4H3. The van der Waals surface area contributed by atoms with Gasteiger partial charge in [-0.2, -0.15) is 5.10 Å². The van der Waals surface area contributed by atoms with Crippen molar-refractivity contribution >= 4 is 0 Å². The fourth-order valence-corrected chi connectivity index (χ4v) is 2.51. The summed E-state index contributed by atoms with van der Waals surface area (Å²) in [6, 6.07) is 0. The van der Waals surface area contributed by atoms with Crippen LogP contribution in [0.25, 0.3) is 0 Å². The second-order valence-electron chi connectivity index (χ2n) is 6.84. The molecule has 1 aliphatic rings. The predicted molar refractivity (Wildman–Crippen MR) is 79.2 cm³/mol. The normalized spacial score (nSPS) is 18.9. The lowest BCUT2D eigenvalue weighted by molar-refractivity contribution is 0.216. The first-order chi connectivity index (χ1) is 8.95. The Morgan fingerprint density at radius 1 is 1.32 bits per heavy atom. The average Bonchev–Trinajstić information content (AvgIpc) is 2.80. The number of rotatable bonds is 4. The van der Waals surface area contributed by atoms with Crippen LogP contribution in [0, 0.1) is 5.92 Å². The maximum atomic E-state index is 4.43. The van der Waals surface area contributed by atoms with E-state index in [0.29, 0.717) is 0 Å². The second kappa shape index (κ2) is 6.06. The van der Waals surface area contributed by atoms with E-state index >= 15 is 0 Å². The zero-order valence-electron chi connectivity index (χ0n) is 12.8. The highest BCUT2D eigenvalue weighted by Gasteiger charge is 2.16. The second-order valence-corrected chi connectivity index (χ2v) is 6.84. The molecule has 1 aromatic heterocycles. The van der Waals surface area contributed by atoms with Gasteiger partial charge in [0.2, 0.25) is 0 Å². The molecule has 0 atom stereocenters. The molecule has 0 spiro atoms. The van der Waals surface area contributed by atoms with Gasteiger partial charge in [-0.25, -0.2) is 0 Å². The summed E-state index contributed by atoms with van der Waals surface area (Å²) in [5, 5.41) is 8.01. The Bertz CT molecular complexity index is 383. The van der Waals surface area contributed by atoms with E-state index in [9.17, 15) is 0 Å². The summed E-state index contributed by atoms with van der Waals surface area (Å²) in [6.07, 6.45) is 6.78. The Balaban J connectivity index is 1.72. The van der Waals surface area contributed by atoms with Crippen molar-refractivity contribution in [1.82, 2.24) is 20.0 Å². The lowest BCUT2D eigenvalue weighted by Gasteiger charge is -2.29. The van der Waals surface area contributed by atoms with Gasteiger partial charge in [0, 0.05) is 18.3 Å². The van der Waals surface area contributed by atoms with Crippen LogP contribution < -0.4 is 5.32 Å². The molecule has 0 aromatic carbocycles. The maximum Gasteiger partial charge on any atom is 0.0543 e. The molecular formula is C15H28N4. The summed E-state index contributed by atoms with van der Waals surface area (Å²) in [5.41, 5.74) is 1.36. The quantitative estimate of drug-likeness (QED) is 0.904. The number of likely N-dealkylation sites (tertiary alicyclic amines) is 1. The highest BCUT2D eigenvalue weighted by Crippen LogP contribution is 2.15. The van der Waals surface area contributed by atoms with Crippen LogP contribution in [0.4, 0.5) is 0 Å². The molecule has 0 unspecified atom stereocenters. The smallest absolute Gasteiger partial charge is 0.0543 e. The molecule has 4 heteroatoms. The van der Waals surface area contributed by atoms with E-state index in [1.165, 1.54) is 31.5 Å². The Labute approximate surface area is 117 Å². The van der Waals surface area contributed by atoms with Crippen LogP contribution in [0.3, 0.4) is 0 Å². The van der Waals surface area contributed by atoms with Gasteiger partial charge >= 0.3 is 0 Å². The van der Waals surface area contributed by atoms with Crippen molar-refractivity contribution in [3.05, 3.63) is 18.0 Å². The fourth-order valence-electron chi connectivity index (χ4n) is 2.51. The number of hydrogen-bond donors (Lipinski definition) is 1. The summed E-state index contributed by atoms with van der Waals surface area (Å²) < 4.78 is 2.04. The molecule has 1 aromatic rings. The SMILES string of the molecule is CN1CCC(CNCc2cnn(C(C)(C)C)c2)CC1. The molecule has 19 heavy (non-hydrogen) atoms. The van der Waals surface area contributed by atoms with Gasteiger partial charge in [-0.3, -0.25) is 4.68 Å². The highest BCUT2D eigenvalue weighted by atomic mass is 15.3. The van der Waals surface area contributed by atoms with E-state index in [1.54, 1.807) is 0 Å². The number of piperidine rings is 1. The number of nitrogens with one attached hydrogen (secondary N) is 1. The number of nitrogens with zero attached hydrogens (tertiary/aromatic N) is 3. The van der Waals surface area contributed by atoms with Crippen LogP contribution in [0.2, 0.25) is 0 Å². The number of hydrogen-bond acceptors (Lipinski definition) is 3. The number of aromatic nitrogens is 2. The van der Waals surface area contributed by atoms with Crippen LogP contribution in [0.15, 0.2) is 12.4 Å². The molecule has 2 rings (SSSR count). The molecule has 2 heterocycles. The Hall–Kier alpha value is -0.870. The van der Waals surface area contributed by atoms with Crippen molar-refractivity contribution in [1.29, 1.82) is 0 Å². The Kier molecular flexibility index (Phi) is 4.63. The van der Waals surface area contributed by atoms with Gasteiger partial charge in [0.1, 0.15) is 0 Å². The van der Waals surface area contributed by atoms with Crippen LogP contribution in [0.5, 0.6) is 0 Å². The molecule has 1 saturated heterocycles. The van der Waals surface area contributed by atoms with E-state index in [0.717, 1.165) is 19.0 Å². The van der Waals surface area contributed by atoms with Gasteiger partial charge in [0.15, 0.2) is 0 Å². The van der Waals surface area contributed by atoms with E-state index < -0.39 is 0 Å². The molecule has 1 N–H and O–H groups in total. The molecule has 0 bridgehead atoms. The summed E-state index contributed by atoms with van der Waals surface area (Å²) in [6.45, 7) is 11.1. The zero-order chi connectivity index (χ0) is 13.9. The fraction of sp³-hybridized carbons (Fsp3) is 0.800. The summed E-state index contributed by atoms with van der Waals surface area (Å²) in [4.78, 5) is 2.42. The lowest BCUT2D eigenvalue weighted by Crippen LogP contribution is -2.34. The first kappa shape index (κ1) is 14.5. The zero-order valence-corrected chi connectivity index (χ0v) is 12.8. The minimum absolute atomic E-state index is 0.0756. The monoisotopic (exact) mass is 264 g/mol. The Morgan fingerprint density at radius 3 is 2.58 bits per heavy atom. The van der Waals surface area contributed by atoms with Crippen molar-refractivity contribution in [3.63, 3.8) is 0 Å². The minimum Gasteiger partial charge on any atom is -0.312 e. The van der Waals surface area contributed by atoms with Gasteiger partial charge in [-0.1, -0.05) is 0 Å². The molecule has 1 fully saturated rings. The van der Waals surface area contributed by atoms with E-state index in [2.05, 4.69) is 49.3 Å². The molecule has 0 amide bonds. The molecule has 0 aliphatic carbocycles. The van der Waals surface area contributed by atoms with Gasteiger partial charge < -0.3 is 10.2 Å². The van der Waals surface area contributed by atoms with Crippen LogP contribution in [0.1, 0.15) is 39.2 Å². The molecule has 0 saturated carbocycles. The van der Waals surface area contributed by atoms with E-state index in [-0.39, 0.29) is 5.54 Å². The largest absolute Gasteiger partial charge is 0.312 e. The van der Waals surface area contributed by atoms with Crippen LogP contribution in [-0.4, -0.2) is 41.4 Å². The third-order valence-corrected chi connectivity index (χ3v) is 3.92. The average molecular weight is 264 g/mol. The van der Waals surface area contributed by atoms with Gasteiger partial charge in [0.25, 0.3) is 0 Å². The van der Waals surface area contributed by atoms with Crippen molar-refractivity contribution in [2.75, 3.05) is 26.7 Å². The topological polar surface area (TPSA) is 33.1 Å². The minimum atomic E-state index is 0.0756. The van der Waals surface area contributed by atoms with Crippen molar-refractivity contribution < 1.29 is 0 Å². The van der Waals surface area contributed by atoms with Crippen molar-refractivity contribution in [3.8, 4) is 0 Å². The lowest BCUT2D eigenvalue weighted by atomic mass is 9.97. The third-order valence-electron chi connectivity index (χ3n) is 3.92. The first-order valence-corrected chi connectivity index (χ1v) is 7.38. The summed E-state index contributed by atoms with van der Waals surface area (Å²) in [7, 11) is 2.21. The maximum absolute atomic E-state index is 4.43. The predicted octanol–water partition coefficient (Wildman–Crippen LogP) is 2.07. The molecule has 0 radical (unpaired) electrons. The molecule has 1 aliphatic heterocycles.